The second-order valence-electron chi connectivity index (χ2n) is 5.70. The van der Waals surface area contributed by atoms with Gasteiger partial charge in [0.2, 0.25) is 0 Å². The molecule has 0 amide bonds. The number of aromatic nitrogens is 1. The van der Waals surface area contributed by atoms with E-state index in [-0.39, 0.29) is 17.0 Å². The first-order chi connectivity index (χ1) is 14.0. The summed E-state index contributed by atoms with van der Waals surface area (Å²) in [4.78, 5) is 32.0. The van der Waals surface area contributed by atoms with Gasteiger partial charge in [-0.3, -0.25) is 15.1 Å². The average Bonchev–Trinajstić information content (AvgIpc) is 2.74. The van der Waals surface area contributed by atoms with Gasteiger partial charge in [0, 0.05) is 40.7 Å². The maximum Gasteiger partial charge on any atom is 0.369 e. The van der Waals surface area contributed by atoms with Crippen LogP contribution in [-0.4, -0.2) is 28.7 Å². The Bertz CT molecular complexity index is 1070. The van der Waals surface area contributed by atoms with Gasteiger partial charge in [0.1, 0.15) is 17.0 Å². The summed E-state index contributed by atoms with van der Waals surface area (Å²) in [5.41, 5.74) is 1.48. The number of hydrogen-bond acceptors (Lipinski definition) is 7. The van der Waals surface area contributed by atoms with Crippen LogP contribution in [0, 0.1) is 10.1 Å². The number of carbonyl (C=O) groups is 1. The van der Waals surface area contributed by atoms with Crippen molar-refractivity contribution in [2.24, 2.45) is 5.16 Å². The molecule has 146 valence electrons. The summed E-state index contributed by atoms with van der Waals surface area (Å²) in [6.45, 7) is 0. The van der Waals surface area contributed by atoms with Gasteiger partial charge in [-0.1, -0.05) is 16.8 Å². The molecule has 8 nitrogen and oxygen atoms in total. The topological polar surface area (TPSA) is 104 Å². The van der Waals surface area contributed by atoms with Crippen LogP contribution in [0.15, 0.2) is 72.1 Å². The SMILES string of the molecule is COc1ccc(Cl)cc1C(=O)O/N=C(\c1ccncc1)c1ccc([N+](=O)[O-])cc1. The van der Waals surface area contributed by atoms with E-state index in [9.17, 15) is 14.9 Å². The molecular formula is C20H14ClN3O5. The summed E-state index contributed by atoms with van der Waals surface area (Å²) >= 11 is 5.95. The highest BCUT2D eigenvalue weighted by Gasteiger charge is 2.17. The van der Waals surface area contributed by atoms with Crippen LogP contribution < -0.4 is 4.74 Å². The van der Waals surface area contributed by atoms with Gasteiger partial charge < -0.3 is 9.57 Å². The molecule has 0 saturated carbocycles. The Morgan fingerprint density at radius 2 is 1.72 bits per heavy atom. The maximum atomic E-state index is 12.5. The van der Waals surface area contributed by atoms with Crippen LogP contribution in [0.5, 0.6) is 5.75 Å². The lowest BCUT2D eigenvalue weighted by atomic mass is 10.0. The number of nitrogens with zero attached hydrogens (tertiary/aromatic N) is 3. The number of pyridine rings is 1. The molecule has 9 heteroatoms. The van der Waals surface area contributed by atoms with Crippen molar-refractivity contribution < 1.29 is 19.3 Å². The molecule has 0 fully saturated rings. The highest BCUT2D eigenvalue weighted by atomic mass is 35.5. The van der Waals surface area contributed by atoms with E-state index in [0.29, 0.717) is 21.9 Å². The Kier molecular flexibility index (Phi) is 6.16. The number of methoxy groups -OCH3 is 1. The Balaban J connectivity index is 1.97. The lowest BCUT2D eigenvalue weighted by Gasteiger charge is -2.08. The number of halogens is 1. The molecule has 1 heterocycles. The molecule has 3 aromatic rings. The molecule has 29 heavy (non-hydrogen) atoms. The van der Waals surface area contributed by atoms with Crippen LogP contribution in [0.4, 0.5) is 5.69 Å². The summed E-state index contributed by atoms with van der Waals surface area (Å²) < 4.78 is 5.15. The predicted octanol–water partition coefficient (Wildman–Crippen LogP) is 4.26. The third-order valence-corrected chi connectivity index (χ3v) is 4.14. The van der Waals surface area contributed by atoms with Gasteiger partial charge in [-0.05, 0) is 42.5 Å². The molecular weight excluding hydrogens is 398 g/mol. The zero-order chi connectivity index (χ0) is 20.8. The molecule has 3 rings (SSSR count). The average molecular weight is 412 g/mol. The molecule has 0 N–H and O–H groups in total. The number of nitro groups is 1. The molecule has 2 aromatic carbocycles. The Labute approximate surface area is 170 Å². The van der Waals surface area contributed by atoms with Crippen LogP contribution >= 0.6 is 11.6 Å². The molecule has 0 radical (unpaired) electrons. The van der Waals surface area contributed by atoms with Crippen molar-refractivity contribution in [3.63, 3.8) is 0 Å². The monoisotopic (exact) mass is 411 g/mol. The summed E-state index contributed by atoms with van der Waals surface area (Å²) in [6.07, 6.45) is 3.11. The number of benzene rings is 2. The lowest BCUT2D eigenvalue weighted by molar-refractivity contribution is -0.384. The molecule has 0 atom stereocenters. The van der Waals surface area contributed by atoms with Gasteiger partial charge in [-0.25, -0.2) is 4.79 Å². The number of hydrogen-bond donors (Lipinski definition) is 0. The van der Waals surface area contributed by atoms with E-state index in [1.54, 1.807) is 36.7 Å². The normalized spacial score (nSPS) is 11.0. The van der Waals surface area contributed by atoms with Gasteiger partial charge in [0.15, 0.2) is 0 Å². The van der Waals surface area contributed by atoms with Gasteiger partial charge >= 0.3 is 5.97 Å². The van der Waals surface area contributed by atoms with Crippen LogP contribution in [0.25, 0.3) is 0 Å². The van der Waals surface area contributed by atoms with Crippen LogP contribution in [0.2, 0.25) is 5.02 Å². The first-order valence-electron chi connectivity index (χ1n) is 8.27. The van der Waals surface area contributed by atoms with E-state index in [2.05, 4.69) is 10.1 Å². The molecule has 0 aliphatic carbocycles. The van der Waals surface area contributed by atoms with E-state index in [1.165, 1.54) is 37.4 Å². The number of non-ortho nitro benzene ring substituents is 1. The molecule has 0 bridgehead atoms. The molecule has 0 unspecified atom stereocenters. The van der Waals surface area contributed by atoms with Gasteiger partial charge in [0.05, 0.1) is 12.0 Å². The minimum absolute atomic E-state index is 0.0662. The first-order valence-corrected chi connectivity index (χ1v) is 8.65. The standard InChI is InChI=1S/C20H14ClN3O5/c1-28-18-7-4-15(21)12-17(18)20(25)29-23-19(14-8-10-22-11-9-14)13-2-5-16(6-3-13)24(26)27/h2-12H,1H3/b23-19-. The van der Waals surface area contributed by atoms with Gasteiger partial charge in [-0.15, -0.1) is 0 Å². The summed E-state index contributed by atoms with van der Waals surface area (Å²) in [7, 11) is 1.42. The third kappa shape index (κ3) is 4.74. The van der Waals surface area contributed by atoms with Crippen molar-refractivity contribution in [1.82, 2.24) is 4.98 Å². The van der Waals surface area contributed by atoms with Crippen molar-refractivity contribution in [3.05, 3.63) is 98.8 Å². The van der Waals surface area contributed by atoms with Crippen molar-refractivity contribution in [3.8, 4) is 5.75 Å². The second-order valence-corrected chi connectivity index (χ2v) is 6.14. The number of carbonyl (C=O) groups excluding carboxylic acids is 1. The van der Waals surface area contributed by atoms with Crippen LogP contribution in [0.1, 0.15) is 21.5 Å². The maximum absolute atomic E-state index is 12.5. The second kappa shape index (κ2) is 8.94. The fourth-order valence-electron chi connectivity index (χ4n) is 2.50. The summed E-state index contributed by atoms with van der Waals surface area (Å²) in [6, 6.07) is 13.6. The largest absolute Gasteiger partial charge is 0.496 e. The number of oxime groups is 1. The molecule has 1 aromatic heterocycles. The summed E-state index contributed by atoms with van der Waals surface area (Å²) in [5.74, 6) is -0.479. The lowest BCUT2D eigenvalue weighted by Crippen LogP contribution is -2.09. The zero-order valence-corrected chi connectivity index (χ0v) is 15.9. The van der Waals surface area contributed by atoms with E-state index in [0.717, 1.165) is 0 Å². The third-order valence-electron chi connectivity index (χ3n) is 3.91. The van der Waals surface area contributed by atoms with Crippen LogP contribution in [-0.2, 0) is 4.84 Å². The number of ether oxygens (including phenoxy) is 1. The van der Waals surface area contributed by atoms with Gasteiger partial charge in [-0.2, -0.15) is 0 Å². The highest BCUT2D eigenvalue weighted by Crippen LogP contribution is 2.24. The van der Waals surface area contributed by atoms with E-state index < -0.39 is 10.9 Å². The Morgan fingerprint density at radius 1 is 1.07 bits per heavy atom. The molecule has 0 aliphatic heterocycles. The minimum Gasteiger partial charge on any atom is -0.496 e. The van der Waals surface area contributed by atoms with E-state index >= 15 is 0 Å². The Morgan fingerprint density at radius 3 is 2.34 bits per heavy atom. The predicted molar refractivity (Wildman–Crippen MR) is 106 cm³/mol. The highest BCUT2D eigenvalue weighted by molar-refractivity contribution is 6.31. The smallest absolute Gasteiger partial charge is 0.369 e. The van der Waals surface area contributed by atoms with Gasteiger partial charge in [0.25, 0.3) is 5.69 Å². The fourth-order valence-corrected chi connectivity index (χ4v) is 2.67. The van der Waals surface area contributed by atoms with Crippen LogP contribution in [0.3, 0.4) is 0 Å². The molecule has 0 spiro atoms. The number of nitro benzene ring substituents is 1. The van der Waals surface area contributed by atoms with Crippen molar-refractivity contribution in [1.29, 1.82) is 0 Å². The van der Waals surface area contributed by atoms with Crippen molar-refractivity contribution >= 4 is 29.0 Å². The van der Waals surface area contributed by atoms with Crippen molar-refractivity contribution in [2.45, 2.75) is 0 Å². The van der Waals surface area contributed by atoms with Crippen molar-refractivity contribution in [2.75, 3.05) is 7.11 Å². The fraction of sp³-hybridized carbons (Fsp3) is 0.0500. The summed E-state index contributed by atoms with van der Waals surface area (Å²) in [5, 5.41) is 15.2. The van der Waals surface area contributed by atoms with E-state index in [1.807, 2.05) is 0 Å². The molecule has 0 saturated heterocycles. The van der Waals surface area contributed by atoms with E-state index in [4.69, 9.17) is 21.2 Å². The first kappa shape index (κ1) is 20.0. The zero-order valence-electron chi connectivity index (χ0n) is 15.1. The quantitative estimate of drug-likeness (QED) is 0.260. The Hall–Kier alpha value is -3.78. The minimum atomic E-state index is -0.766. The number of rotatable bonds is 6. The molecule has 0 aliphatic rings.